The van der Waals surface area contributed by atoms with E-state index in [4.69, 9.17) is 25.5 Å². The molecule has 4 rings (SSSR count). The molecule has 1 saturated heterocycles. The number of hydrogen-bond acceptors (Lipinski definition) is 8. The second-order valence-corrected chi connectivity index (χ2v) is 8.53. The predicted octanol–water partition coefficient (Wildman–Crippen LogP) is 3.99. The third kappa shape index (κ3) is 5.40. The Morgan fingerprint density at radius 3 is 2.70 bits per heavy atom. The van der Waals surface area contributed by atoms with E-state index in [9.17, 15) is 9.59 Å². The van der Waals surface area contributed by atoms with Gasteiger partial charge in [0.05, 0.1) is 30.9 Å². The highest BCUT2D eigenvalue weighted by molar-refractivity contribution is 7.99. The summed E-state index contributed by atoms with van der Waals surface area (Å²) in [6, 6.07) is 12.2. The number of hydrogen-bond donors (Lipinski definition) is 1. The maximum absolute atomic E-state index is 12.6. The fourth-order valence-corrected chi connectivity index (χ4v) is 4.21. The summed E-state index contributed by atoms with van der Waals surface area (Å²) in [7, 11) is 3.11. The third-order valence-corrected chi connectivity index (χ3v) is 6.16. The molecule has 2 heterocycles. The van der Waals surface area contributed by atoms with Crippen LogP contribution in [0.2, 0.25) is 5.02 Å². The van der Waals surface area contributed by atoms with Gasteiger partial charge >= 0.3 is 0 Å². The summed E-state index contributed by atoms with van der Waals surface area (Å²) in [5.41, 5.74) is 1.34. The molecular formula is C22H21ClN4O5S. The van der Waals surface area contributed by atoms with Crippen LogP contribution in [0.1, 0.15) is 18.2 Å². The quantitative estimate of drug-likeness (QED) is 0.474. The van der Waals surface area contributed by atoms with Crippen molar-refractivity contribution in [1.82, 2.24) is 10.2 Å². The van der Waals surface area contributed by atoms with Crippen molar-refractivity contribution in [3.63, 3.8) is 0 Å². The molecule has 2 amide bonds. The molecule has 0 bridgehead atoms. The van der Waals surface area contributed by atoms with Crippen molar-refractivity contribution in [2.75, 3.05) is 36.7 Å². The predicted molar refractivity (Wildman–Crippen MR) is 124 cm³/mol. The Balaban J connectivity index is 1.33. The van der Waals surface area contributed by atoms with Gasteiger partial charge in [0.2, 0.25) is 17.7 Å². The number of anilines is 2. The van der Waals surface area contributed by atoms with Gasteiger partial charge in [-0.05, 0) is 42.5 Å². The van der Waals surface area contributed by atoms with E-state index in [-0.39, 0.29) is 35.1 Å². The largest absolute Gasteiger partial charge is 0.497 e. The van der Waals surface area contributed by atoms with Crippen molar-refractivity contribution in [2.24, 2.45) is 0 Å². The van der Waals surface area contributed by atoms with E-state index < -0.39 is 0 Å². The molecular weight excluding hydrogens is 468 g/mol. The molecule has 33 heavy (non-hydrogen) atoms. The maximum atomic E-state index is 12.6. The van der Waals surface area contributed by atoms with Gasteiger partial charge in [0.1, 0.15) is 11.5 Å². The highest BCUT2D eigenvalue weighted by atomic mass is 35.5. The van der Waals surface area contributed by atoms with Gasteiger partial charge in [-0.1, -0.05) is 23.4 Å². The maximum Gasteiger partial charge on any atom is 0.277 e. The van der Waals surface area contributed by atoms with E-state index in [1.165, 1.54) is 7.11 Å². The standard InChI is InChI=1S/C22H21ClN4O5S/c1-30-16-6-3-14(4-7-16)24-19(28)12-33-22-26-25-21(32-22)13-9-20(29)27(11-13)15-5-8-18(31-2)17(23)10-15/h3-8,10,13H,9,11-12H2,1-2H3,(H,24,28)/t13-/m1/s1. The summed E-state index contributed by atoms with van der Waals surface area (Å²) in [5.74, 6) is 1.21. The summed E-state index contributed by atoms with van der Waals surface area (Å²) >= 11 is 7.32. The first-order valence-corrected chi connectivity index (χ1v) is 11.4. The Morgan fingerprint density at radius 1 is 1.21 bits per heavy atom. The van der Waals surface area contributed by atoms with Gasteiger partial charge in [-0.25, -0.2) is 0 Å². The Morgan fingerprint density at radius 2 is 2.00 bits per heavy atom. The molecule has 1 aliphatic rings. The first-order chi connectivity index (χ1) is 16.0. The molecule has 1 atom stereocenters. The Labute approximate surface area is 199 Å². The number of aromatic nitrogens is 2. The number of benzene rings is 2. The van der Waals surface area contributed by atoms with E-state index in [0.29, 0.717) is 40.3 Å². The molecule has 1 aliphatic heterocycles. The van der Waals surface area contributed by atoms with Crippen LogP contribution in [-0.2, 0) is 9.59 Å². The molecule has 0 saturated carbocycles. The highest BCUT2D eigenvalue weighted by Crippen LogP contribution is 2.35. The Bertz CT molecular complexity index is 1150. The zero-order valence-electron chi connectivity index (χ0n) is 17.9. The van der Waals surface area contributed by atoms with Crippen LogP contribution in [0.3, 0.4) is 0 Å². The van der Waals surface area contributed by atoms with Gasteiger partial charge in [-0.15, -0.1) is 10.2 Å². The van der Waals surface area contributed by atoms with Crippen molar-refractivity contribution in [1.29, 1.82) is 0 Å². The van der Waals surface area contributed by atoms with Gasteiger partial charge in [0.15, 0.2) is 0 Å². The SMILES string of the molecule is COc1ccc(NC(=O)CSc2nnc([C@@H]3CC(=O)N(c4ccc(OC)c(Cl)c4)C3)o2)cc1. The number of halogens is 1. The number of rotatable bonds is 8. The molecule has 11 heteroatoms. The van der Waals surface area contributed by atoms with E-state index >= 15 is 0 Å². The van der Waals surface area contributed by atoms with Gasteiger partial charge in [-0.3, -0.25) is 9.59 Å². The lowest BCUT2D eigenvalue weighted by molar-refractivity contribution is -0.117. The molecule has 9 nitrogen and oxygen atoms in total. The number of nitrogens with one attached hydrogen (secondary N) is 1. The lowest BCUT2D eigenvalue weighted by atomic mass is 10.1. The van der Waals surface area contributed by atoms with E-state index in [1.54, 1.807) is 54.5 Å². The summed E-state index contributed by atoms with van der Waals surface area (Å²) in [4.78, 5) is 26.4. The number of carbonyl (C=O) groups is 2. The van der Waals surface area contributed by atoms with Crippen LogP contribution in [0.25, 0.3) is 0 Å². The zero-order chi connectivity index (χ0) is 23.4. The van der Waals surface area contributed by atoms with Crippen molar-refractivity contribution in [3.05, 3.63) is 53.4 Å². The van der Waals surface area contributed by atoms with Crippen LogP contribution in [0.4, 0.5) is 11.4 Å². The minimum absolute atomic E-state index is 0.0625. The van der Waals surface area contributed by atoms with Crippen LogP contribution in [0, 0.1) is 0 Å². The normalized spacial score (nSPS) is 15.5. The smallest absolute Gasteiger partial charge is 0.277 e. The van der Waals surface area contributed by atoms with Crippen molar-refractivity contribution < 1.29 is 23.5 Å². The Hall–Kier alpha value is -3.24. The van der Waals surface area contributed by atoms with Crippen LogP contribution in [0.5, 0.6) is 11.5 Å². The molecule has 1 fully saturated rings. The topological polar surface area (TPSA) is 107 Å². The molecule has 1 N–H and O–H groups in total. The van der Waals surface area contributed by atoms with Crippen LogP contribution in [-0.4, -0.2) is 48.5 Å². The van der Waals surface area contributed by atoms with Crippen molar-refractivity contribution >= 4 is 46.6 Å². The lowest BCUT2D eigenvalue weighted by Gasteiger charge is -2.17. The van der Waals surface area contributed by atoms with Gasteiger partial charge in [0, 0.05) is 24.3 Å². The highest BCUT2D eigenvalue weighted by Gasteiger charge is 2.35. The van der Waals surface area contributed by atoms with Crippen LogP contribution >= 0.6 is 23.4 Å². The van der Waals surface area contributed by atoms with Crippen molar-refractivity contribution in [2.45, 2.75) is 17.6 Å². The average Bonchev–Trinajstić information content (AvgIpc) is 3.45. The molecule has 0 radical (unpaired) electrons. The summed E-state index contributed by atoms with van der Waals surface area (Å²) in [6.45, 7) is 0.395. The van der Waals surface area contributed by atoms with Gasteiger partial charge in [-0.2, -0.15) is 0 Å². The fourth-order valence-electron chi connectivity index (χ4n) is 3.39. The van der Waals surface area contributed by atoms with Crippen LogP contribution < -0.4 is 19.7 Å². The first kappa shape index (κ1) is 22.9. The zero-order valence-corrected chi connectivity index (χ0v) is 19.5. The van der Waals surface area contributed by atoms with E-state index in [2.05, 4.69) is 15.5 Å². The summed E-state index contributed by atoms with van der Waals surface area (Å²) in [6.07, 6.45) is 0.244. The second kappa shape index (κ2) is 10.1. The van der Waals surface area contributed by atoms with Gasteiger partial charge < -0.3 is 24.1 Å². The number of carbonyl (C=O) groups excluding carboxylic acids is 2. The molecule has 1 aromatic heterocycles. The molecule has 0 aliphatic carbocycles. The monoisotopic (exact) mass is 488 g/mol. The summed E-state index contributed by atoms with van der Waals surface area (Å²) < 4.78 is 16.0. The van der Waals surface area contributed by atoms with Crippen molar-refractivity contribution in [3.8, 4) is 11.5 Å². The average molecular weight is 489 g/mol. The van der Waals surface area contributed by atoms with E-state index in [1.807, 2.05) is 0 Å². The molecule has 172 valence electrons. The minimum atomic E-state index is -0.242. The molecule has 3 aromatic rings. The molecule has 0 unspecified atom stereocenters. The Kier molecular flexibility index (Phi) is 7.05. The first-order valence-electron chi connectivity index (χ1n) is 10.0. The second-order valence-electron chi connectivity index (χ2n) is 7.20. The number of nitrogens with zero attached hydrogens (tertiary/aromatic N) is 3. The third-order valence-electron chi connectivity index (χ3n) is 5.04. The molecule has 0 spiro atoms. The molecule has 2 aromatic carbocycles. The number of ether oxygens (including phenoxy) is 2. The lowest BCUT2D eigenvalue weighted by Crippen LogP contribution is -2.24. The minimum Gasteiger partial charge on any atom is -0.497 e. The fraction of sp³-hybridized carbons (Fsp3) is 0.273. The summed E-state index contributed by atoms with van der Waals surface area (Å²) in [5, 5.41) is 11.6. The number of thioether (sulfide) groups is 1. The van der Waals surface area contributed by atoms with Gasteiger partial charge in [0.25, 0.3) is 5.22 Å². The number of amides is 2. The number of methoxy groups -OCH3 is 2. The van der Waals surface area contributed by atoms with E-state index in [0.717, 1.165) is 11.8 Å². The van der Waals surface area contributed by atoms with Crippen LogP contribution in [0.15, 0.2) is 52.1 Å².